The predicted molar refractivity (Wildman–Crippen MR) is 78.9 cm³/mol. The van der Waals surface area contributed by atoms with E-state index in [1.165, 1.54) is 12.1 Å². The molecular formula is C15H16O5S. The molecule has 112 valence electrons. The summed E-state index contributed by atoms with van der Waals surface area (Å²) in [5.41, 5.74) is 0.882. The topological polar surface area (TPSA) is 83.8 Å². The summed E-state index contributed by atoms with van der Waals surface area (Å²) in [4.78, 5) is -0.182. The first-order chi connectivity index (χ1) is 9.89. The number of para-hydroxylation sites is 1. The molecule has 0 fully saturated rings. The molecule has 0 bridgehead atoms. The largest absolute Gasteiger partial charge is 0.490 e. The molecule has 0 spiro atoms. The summed E-state index contributed by atoms with van der Waals surface area (Å²) in [5, 5.41) is 9.30. The molecule has 0 amide bonds. The normalized spacial score (nSPS) is 12.9. The van der Waals surface area contributed by atoms with Gasteiger partial charge in [0.05, 0.1) is 6.10 Å². The first-order valence-electron chi connectivity index (χ1n) is 6.36. The van der Waals surface area contributed by atoms with E-state index in [0.29, 0.717) is 16.9 Å². The van der Waals surface area contributed by atoms with Crippen LogP contribution in [0, 0.1) is 0 Å². The van der Waals surface area contributed by atoms with Crippen LogP contribution in [0.3, 0.4) is 0 Å². The van der Waals surface area contributed by atoms with Crippen LogP contribution in [0.4, 0.5) is 0 Å². The van der Waals surface area contributed by atoms with Gasteiger partial charge in [0.25, 0.3) is 10.1 Å². The molecule has 0 aliphatic rings. The Labute approximate surface area is 123 Å². The highest BCUT2D eigenvalue weighted by Crippen LogP contribution is 2.34. The van der Waals surface area contributed by atoms with Gasteiger partial charge < -0.3 is 9.84 Å². The molecule has 0 aliphatic carbocycles. The van der Waals surface area contributed by atoms with Gasteiger partial charge in [-0.2, -0.15) is 8.42 Å². The van der Waals surface area contributed by atoms with E-state index in [4.69, 9.17) is 4.74 Å². The molecule has 2 rings (SSSR count). The van der Waals surface area contributed by atoms with Crippen LogP contribution in [0.2, 0.25) is 0 Å². The summed E-state index contributed by atoms with van der Waals surface area (Å²) in [6.45, 7) is 1.68. The zero-order valence-electron chi connectivity index (χ0n) is 11.4. The van der Waals surface area contributed by atoms with Crippen molar-refractivity contribution in [3.8, 4) is 16.9 Å². The van der Waals surface area contributed by atoms with Crippen LogP contribution in [-0.4, -0.2) is 30.8 Å². The third kappa shape index (κ3) is 3.81. The maximum absolute atomic E-state index is 11.5. The van der Waals surface area contributed by atoms with Crippen LogP contribution in [0.1, 0.15) is 6.92 Å². The lowest BCUT2D eigenvalue weighted by Gasteiger charge is -2.14. The Morgan fingerprint density at radius 3 is 2.24 bits per heavy atom. The Balaban J connectivity index is 2.53. The second kappa shape index (κ2) is 6.26. The van der Waals surface area contributed by atoms with Crippen LogP contribution >= 0.6 is 0 Å². The lowest BCUT2D eigenvalue weighted by molar-refractivity contribution is 0.123. The Kier molecular flexibility index (Phi) is 4.62. The van der Waals surface area contributed by atoms with Crippen molar-refractivity contribution in [2.45, 2.75) is 17.9 Å². The van der Waals surface area contributed by atoms with E-state index in [2.05, 4.69) is 0 Å². The predicted octanol–water partition coefficient (Wildman–Crippen LogP) is 2.36. The number of ether oxygens (including phenoxy) is 1. The highest BCUT2D eigenvalue weighted by Gasteiger charge is 2.18. The Bertz CT molecular complexity index is 722. The van der Waals surface area contributed by atoms with E-state index in [-0.39, 0.29) is 11.5 Å². The van der Waals surface area contributed by atoms with E-state index in [9.17, 15) is 18.1 Å². The number of hydrogen-bond acceptors (Lipinski definition) is 4. The molecule has 0 heterocycles. The minimum absolute atomic E-state index is 0.0883. The van der Waals surface area contributed by atoms with Crippen LogP contribution < -0.4 is 4.74 Å². The van der Waals surface area contributed by atoms with Crippen molar-refractivity contribution in [2.24, 2.45) is 0 Å². The summed E-state index contributed by atoms with van der Waals surface area (Å²) >= 11 is 0. The molecule has 0 radical (unpaired) electrons. The summed E-state index contributed by atoms with van der Waals surface area (Å²) in [6.07, 6.45) is -0.644. The van der Waals surface area contributed by atoms with Crippen LogP contribution in [0.15, 0.2) is 53.4 Å². The summed E-state index contributed by atoms with van der Waals surface area (Å²) in [6, 6.07) is 13.0. The minimum atomic E-state index is -4.33. The van der Waals surface area contributed by atoms with Crippen molar-refractivity contribution < 1.29 is 22.8 Å². The smallest absolute Gasteiger partial charge is 0.295 e. The van der Waals surface area contributed by atoms with Gasteiger partial charge in [-0.25, -0.2) is 0 Å². The van der Waals surface area contributed by atoms with Crippen molar-refractivity contribution in [2.75, 3.05) is 6.61 Å². The van der Waals surface area contributed by atoms with Gasteiger partial charge in [-0.05, 0) is 19.1 Å². The maximum Gasteiger partial charge on any atom is 0.295 e. The van der Waals surface area contributed by atoms with Crippen molar-refractivity contribution in [1.82, 2.24) is 0 Å². The number of aliphatic hydroxyl groups is 1. The first kappa shape index (κ1) is 15.5. The molecule has 21 heavy (non-hydrogen) atoms. The van der Waals surface area contributed by atoms with Crippen LogP contribution in [-0.2, 0) is 10.1 Å². The summed E-state index contributed by atoms with van der Waals surface area (Å²) in [7, 11) is -4.33. The molecule has 1 unspecified atom stereocenters. The lowest BCUT2D eigenvalue weighted by Crippen LogP contribution is -2.13. The molecule has 5 nitrogen and oxygen atoms in total. The lowest BCUT2D eigenvalue weighted by atomic mass is 10.0. The summed E-state index contributed by atoms with van der Waals surface area (Å²) in [5.74, 6) is 0.439. The molecule has 0 aromatic heterocycles. The molecule has 0 aliphatic heterocycles. The average molecular weight is 308 g/mol. The van der Waals surface area contributed by atoms with Crippen molar-refractivity contribution in [1.29, 1.82) is 0 Å². The van der Waals surface area contributed by atoms with E-state index in [1.54, 1.807) is 43.3 Å². The second-order valence-electron chi connectivity index (χ2n) is 4.63. The van der Waals surface area contributed by atoms with E-state index >= 15 is 0 Å². The molecule has 0 saturated carbocycles. The fourth-order valence-corrected chi connectivity index (χ4v) is 2.65. The standard InChI is InChI=1S/C15H16O5S/c1-11(16)10-20-14-8-4-2-6-12(14)13-7-3-5-9-15(13)21(17,18)19/h2-9,11,16H,10H2,1H3,(H,17,18,19). The van der Waals surface area contributed by atoms with Gasteiger partial charge in [0, 0.05) is 11.1 Å². The molecule has 2 N–H and O–H groups in total. The van der Waals surface area contributed by atoms with Crippen LogP contribution in [0.5, 0.6) is 5.75 Å². The van der Waals surface area contributed by atoms with Crippen molar-refractivity contribution in [3.05, 3.63) is 48.5 Å². The zero-order valence-corrected chi connectivity index (χ0v) is 12.2. The summed E-state index contributed by atoms with van der Waals surface area (Å²) < 4.78 is 37.8. The third-order valence-electron chi connectivity index (χ3n) is 2.82. The number of hydrogen-bond donors (Lipinski definition) is 2. The minimum Gasteiger partial charge on any atom is -0.490 e. The highest BCUT2D eigenvalue weighted by atomic mass is 32.2. The van der Waals surface area contributed by atoms with Crippen molar-refractivity contribution in [3.63, 3.8) is 0 Å². The Morgan fingerprint density at radius 2 is 1.62 bits per heavy atom. The Hall–Kier alpha value is -1.89. The molecule has 0 saturated heterocycles. The molecule has 6 heteroatoms. The van der Waals surface area contributed by atoms with Gasteiger partial charge in [-0.1, -0.05) is 36.4 Å². The fourth-order valence-electron chi connectivity index (χ4n) is 1.94. The number of aliphatic hydroxyl groups excluding tert-OH is 1. The molecule has 1 atom stereocenters. The quantitative estimate of drug-likeness (QED) is 0.828. The van der Waals surface area contributed by atoms with E-state index in [0.717, 1.165) is 0 Å². The molecule has 2 aromatic carbocycles. The molecular weight excluding hydrogens is 292 g/mol. The monoisotopic (exact) mass is 308 g/mol. The fraction of sp³-hybridized carbons (Fsp3) is 0.200. The highest BCUT2D eigenvalue weighted by molar-refractivity contribution is 7.86. The number of rotatable bonds is 5. The van der Waals surface area contributed by atoms with Gasteiger partial charge >= 0.3 is 0 Å². The van der Waals surface area contributed by atoms with Crippen LogP contribution in [0.25, 0.3) is 11.1 Å². The second-order valence-corrected chi connectivity index (χ2v) is 6.02. The maximum atomic E-state index is 11.5. The van der Waals surface area contributed by atoms with E-state index < -0.39 is 16.2 Å². The molecule has 2 aromatic rings. The SMILES string of the molecule is CC(O)COc1ccccc1-c1ccccc1S(=O)(=O)O. The first-order valence-corrected chi connectivity index (χ1v) is 7.80. The van der Waals surface area contributed by atoms with Gasteiger partial charge in [0.2, 0.25) is 0 Å². The Morgan fingerprint density at radius 1 is 1.05 bits per heavy atom. The van der Waals surface area contributed by atoms with Crippen molar-refractivity contribution >= 4 is 10.1 Å². The zero-order chi connectivity index (χ0) is 15.5. The van der Waals surface area contributed by atoms with Gasteiger partial charge in [0.1, 0.15) is 17.3 Å². The van der Waals surface area contributed by atoms with Gasteiger partial charge in [0.15, 0.2) is 0 Å². The average Bonchev–Trinajstić information content (AvgIpc) is 2.44. The van der Waals surface area contributed by atoms with Gasteiger partial charge in [-0.15, -0.1) is 0 Å². The number of benzene rings is 2. The van der Waals surface area contributed by atoms with Gasteiger partial charge in [-0.3, -0.25) is 4.55 Å². The third-order valence-corrected chi connectivity index (χ3v) is 3.73. The van der Waals surface area contributed by atoms with E-state index in [1.807, 2.05) is 0 Å².